The molecule has 0 saturated heterocycles. The van der Waals surface area contributed by atoms with Crippen molar-refractivity contribution in [3.8, 4) is 0 Å². The lowest BCUT2D eigenvalue weighted by atomic mass is 10.1. The Bertz CT molecular complexity index is 398. The van der Waals surface area contributed by atoms with Gasteiger partial charge in [0, 0.05) is 18.1 Å². The van der Waals surface area contributed by atoms with Crippen LogP contribution in [0.15, 0.2) is 23.9 Å². The Morgan fingerprint density at radius 1 is 1.67 bits per heavy atom. The molecule has 0 aliphatic heterocycles. The summed E-state index contributed by atoms with van der Waals surface area (Å²) in [7, 11) is 0. The van der Waals surface area contributed by atoms with Crippen LogP contribution in [0.3, 0.4) is 0 Å². The number of nitrogens with zero attached hydrogens (tertiary/aromatic N) is 1. The van der Waals surface area contributed by atoms with E-state index in [2.05, 4.69) is 0 Å². The predicted octanol–water partition coefficient (Wildman–Crippen LogP) is 3.51. The molecule has 0 unspecified atom stereocenters. The van der Waals surface area contributed by atoms with Crippen LogP contribution >= 0.6 is 11.6 Å². The fourth-order valence-electron chi connectivity index (χ4n) is 1.10. The van der Waals surface area contributed by atoms with Crippen molar-refractivity contribution in [2.45, 2.75) is 13.3 Å². The molecule has 0 fully saturated rings. The molecular weight excluding hydrogens is 221 g/mol. The summed E-state index contributed by atoms with van der Waals surface area (Å²) < 4.78 is 13.3. The molecule has 1 aromatic rings. The average molecular weight is 230 g/mol. The van der Waals surface area contributed by atoms with Crippen molar-refractivity contribution in [1.29, 1.82) is 0 Å². The number of nitro groups is 1. The summed E-state index contributed by atoms with van der Waals surface area (Å²) in [4.78, 5) is 9.99. The molecule has 15 heavy (non-hydrogen) atoms. The summed E-state index contributed by atoms with van der Waals surface area (Å²) in [6, 6.07) is 4.15. The molecule has 1 rings (SSSR count). The molecular formula is C10H9ClFNO2. The van der Waals surface area contributed by atoms with E-state index >= 15 is 0 Å². The first-order chi connectivity index (χ1) is 7.06. The highest BCUT2D eigenvalue weighted by Gasteiger charge is 2.11. The van der Waals surface area contributed by atoms with Gasteiger partial charge in [-0.15, -0.1) is 0 Å². The maximum absolute atomic E-state index is 13.3. The maximum atomic E-state index is 13.3. The van der Waals surface area contributed by atoms with Gasteiger partial charge in [0.15, 0.2) is 0 Å². The van der Waals surface area contributed by atoms with E-state index in [9.17, 15) is 14.5 Å². The van der Waals surface area contributed by atoms with Gasteiger partial charge in [0.2, 0.25) is 5.70 Å². The van der Waals surface area contributed by atoms with Crippen LogP contribution in [0, 0.1) is 15.9 Å². The summed E-state index contributed by atoms with van der Waals surface area (Å²) in [5.74, 6) is -0.560. The summed E-state index contributed by atoms with van der Waals surface area (Å²) in [5.41, 5.74) is -0.00489. The lowest BCUT2D eigenvalue weighted by Crippen LogP contribution is -1.97. The molecule has 0 atom stereocenters. The largest absolute Gasteiger partial charge is 0.259 e. The lowest BCUT2D eigenvalue weighted by Gasteiger charge is -2.00. The normalized spacial score (nSPS) is 11.5. The summed E-state index contributed by atoms with van der Waals surface area (Å²) in [6.45, 7) is 1.63. The van der Waals surface area contributed by atoms with Gasteiger partial charge in [-0.2, -0.15) is 0 Å². The number of hydrogen-bond acceptors (Lipinski definition) is 2. The molecule has 0 radical (unpaired) electrons. The van der Waals surface area contributed by atoms with Gasteiger partial charge in [0.25, 0.3) is 0 Å². The third-order valence-corrected chi connectivity index (χ3v) is 2.24. The Morgan fingerprint density at radius 2 is 2.33 bits per heavy atom. The second kappa shape index (κ2) is 4.89. The van der Waals surface area contributed by atoms with Crippen molar-refractivity contribution >= 4 is 17.7 Å². The topological polar surface area (TPSA) is 43.1 Å². The van der Waals surface area contributed by atoms with Crippen molar-refractivity contribution in [2.24, 2.45) is 0 Å². The molecule has 5 heteroatoms. The Labute approximate surface area is 91.3 Å². The molecule has 0 bridgehead atoms. The molecule has 0 aliphatic carbocycles. The van der Waals surface area contributed by atoms with Gasteiger partial charge >= 0.3 is 0 Å². The maximum Gasteiger partial charge on any atom is 0.246 e. The Balaban J connectivity index is 3.22. The smallest absolute Gasteiger partial charge is 0.246 e. The van der Waals surface area contributed by atoms with Crippen LogP contribution in [0.4, 0.5) is 4.39 Å². The number of hydrogen-bond donors (Lipinski definition) is 0. The standard InChI is InChI=1S/C10H9ClFNO2/c1-2-7(13(14)15)6-8-9(11)4-3-5-10(8)12/h3-6H,2H2,1H3. The molecule has 0 N–H and O–H groups in total. The van der Waals surface area contributed by atoms with E-state index < -0.39 is 10.7 Å². The van der Waals surface area contributed by atoms with Crippen molar-refractivity contribution < 1.29 is 9.31 Å². The fourth-order valence-corrected chi connectivity index (χ4v) is 1.32. The van der Waals surface area contributed by atoms with E-state index in [4.69, 9.17) is 11.6 Å². The molecule has 80 valence electrons. The molecule has 0 heterocycles. The van der Waals surface area contributed by atoms with Crippen LogP contribution in [-0.4, -0.2) is 4.92 Å². The van der Waals surface area contributed by atoms with Gasteiger partial charge in [0.1, 0.15) is 5.82 Å². The molecule has 0 amide bonds. The van der Waals surface area contributed by atoms with E-state index in [0.29, 0.717) is 0 Å². The molecule has 0 aliphatic rings. The van der Waals surface area contributed by atoms with Gasteiger partial charge in [-0.25, -0.2) is 4.39 Å². The minimum atomic E-state index is -0.560. The molecule has 0 spiro atoms. The molecule has 1 aromatic carbocycles. The Kier molecular flexibility index (Phi) is 3.80. The zero-order chi connectivity index (χ0) is 11.4. The van der Waals surface area contributed by atoms with Crippen LogP contribution in [0.1, 0.15) is 18.9 Å². The fraction of sp³-hybridized carbons (Fsp3) is 0.200. The third kappa shape index (κ3) is 2.76. The van der Waals surface area contributed by atoms with E-state index in [0.717, 1.165) is 6.08 Å². The number of benzene rings is 1. The first-order valence-corrected chi connectivity index (χ1v) is 4.73. The second-order valence-electron chi connectivity index (χ2n) is 2.88. The van der Waals surface area contributed by atoms with Crippen molar-refractivity contribution in [1.82, 2.24) is 0 Å². The van der Waals surface area contributed by atoms with Crippen molar-refractivity contribution in [3.05, 3.63) is 50.4 Å². The molecule has 0 aromatic heterocycles. The van der Waals surface area contributed by atoms with Crippen molar-refractivity contribution in [3.63, 3.8) is 0 Å². The number of allylic oxidation sites excluding steroid dienone is 1. The van der Waals surface area contributed by atoms with E-state index in [1.807, 2.05) is 0 Å². The quantitative estimate of drug-likeness (QED) is 0.588. The molecule has 0 saturated carbocycles. The predicted molar refractivity (Wildman–Crippen MR) is 56.7 cm³/mol. The van der Waals surface area contributed by atoms with E-state index in [1.54, 1.807) is 6.92 Å². The SMILES string of the molecule is CCC(=Cc1c(F)cccc1Cl)[N+](=O)[O-]. The van der Waals surface area contributed by atoms with E-state index in [1.165, 1.54) is 18.2 Å². The van der Waals surface area contributed by atoms with E-state index in [-0.39, 0.29) is 22.7 Å². The van der Waals surface area contributed by atoms with Gasteiger partial charge < -0.3 is 0 Å². The average Bonchev–Trinajstić information content (AvgIpc) is 2.17. The van der Waals surface area contributed by atoms with Crippen LogP contribution in [0.25, 0.3) is 6.08 Å². The summed E-state index contributed by atoms with van der Waals surface area (Å²) in [5, 5.41) is 10.7. The van der Waals surface area contributed by atoms with Gasteiger partial charge in [-0.05, 0) is 12.1 Å². The van der Waals surface area contributed by atoms with Crippen LogP contribution in [0.2, 0.25) is 5.02 Å². The second-order valence-corrected chi connectivity index (χ2v) is 3.29. The summed E-state index contributed by atoms with van der Waals surface area (Å²) in [6.07, 6.45) is 1.38. The first-order valence-electron chi connectivity index (χ1n) is 4.35. The number of rotatable bonds is 3. The van der Waals surface area contributed by atoms with Gasteiger partial charge in [-0.3, -0.25) is 10.1 Å². The van der Waals surface area contributed by atoms with Crippen LogP contribution < -0.4 is 0 Å². The highest BCUT2D eigenvalue weighted by atomic mass is 35.5. The Hall–Kier alpha value is -1.42. The minimum absolute atomic E-state index is 0.0627. The first kappa shape index (κ1) is 11.7. The van der Waals surface area contributed by atoms with Crippen LogP contribution in [-0.2, 0) is 0 Å². The van der Waals surface area contributed by atoms with Crippen molar-refractivity contribution in [2.75, 3.05) is 0 Å². The zero-order valence-electron chi connectivity index (χ0n) is 8.04. The molecule has 3 nitrogen and oxygen atoms in total. The highest BCUT2D eigenvalue weighted by Crippen LogP contribution is 2.22. The zero-order valence-corrected chi connectivity index (χ0v) is 8.79. The lowest BCUT2D eigenvalue weighted by molar-refractivity contribution is -0.425. The van der Waals surface area contributed by atoms with Gasteiger partial charge in [0.05, 0.1) is 9.95 Å². The summed E-state index contributed by atoms with van der Waals surface area (Å²) >= 11 is 5.73. The van der Waals surface area contributed by atoms with Gasteiger partial charge in [-0.1, -0.05) is 24.6 Å². The highest BCUT2D eigenvalue weighted by molar-refractivity contribution is 6.32. The minimum Gasteiger partial charge on any atom is -0.259 e. The Morgan fingerprint density at radius 3 is 2.80 bits per heavy atom. The third-order valence-electron chi connectivity index (χ3n) is 1.91. The number of halogens is 2. The monoisotopic (exact) mass is 229 g/mol. The van der Waals surface area contributed by atoms with Crippen LogP contribution in [0.5, 0.6) is 0 Å².